The van der Waals surface area contributed by atoms with Gasteiger partial charge in [-0.25, -0.2) is 19.9 Å². The Morgan fingerprint density at radius 1 is 1.00 bits per heavy atom. The summed E-state index contributed by atoms with van der Waals surface area (Å²) in [5.74, 6) is 0. The summed E-state index contributed by atoms with van der Waals surface area (Å²) in [7, 11) is 0. The van der Waals surface area contributed by atoms with Gasteiger partial charge in [-0.2, -0.15) is 0 Å². The monoisotopic (exact) mass is 255 g/mol. The molecule has 2 heterocycles. The number of rotatable bonds is 2. The van der Waals surface area contributed by atoms with Gasteiger partial charge in [-0.05, 0) is 36.0 Å². The van der Waals surface area contributed by atoms with Gasteiger partial charge in [-0.1, -0.05) is 0 Å². The van der Waals surface area contributed by atoms with E-state index in [2.05, 4.69) is 19.9 Å². The molecular formula is C12H9N5S. The van der Waals surface area contributed by atoms with E-state index in [-0.39, 0.29) is 0 Å². The van der Waals surface area contributed by atoms with Gasteiger partial charge in [0.1, 0.15) is 11.4 Å². The number of anilines is 1. The molecule has 6 heteroatoms. The topological polar surface area (TPSA) is 77.6 Å². The second-order valence-electron chi connectivity index (χ2n) is 3.59. The van der Waals surface area contributed by atoms with E-state index < -0.39 is 0 Å². The molecule has 3 aromatic rings. The Balaban J connectivity index is 2.09. The summed E-state index contributed by atoms with van der Waals surface area (Å²) in [6, 6.07) is 7.34. The van der Waals surface area contributed by atoms with E-state index in [1.807, 2.05) is 18.2 Å². The lowest BCUT2D eigenvalue weighted by Crippen LogP contribution is -1.91. The van der Waals surface area contributed by atoms with Gasteiger partial charge >= 0.3 is 0 Å². The van der Waals surface area contributed by atoms with Crippen LogP contribution in [-0.2, 0) is 0 Å². The first-order valence-corrected chi connectivity index (χ1v) is 6.10. The minimum atomic E-state index is 0.653. The SMILES string of the molecule is Nc1ccc2ncnc(Sc3ncccn3)c2c1. The highest BCUT2D eigenvalue weighted by Gasteiger charge is 2.07. The molecule has 5 nitrogen and oxygen atoms in total. The Hall–Kier alpha value is -2.21. The smallest absolute Gasteiger partial charge is 0.193 e. The Labute approximate surface area is 108 Å². The predicted octanol–water partition coefficient (Wildman–Crippen LogP) is 2.15. The van der Waals surface area contributed by atoms with Gasteiger partial charge < -0.3 is 5.73 Å². The van der Waals surface area contributed by atoms with Crippen molar-refractivity contribution in [3.8, 4) is 0 Å². The molecule has 0 amide bonds. The van der Waals surface area contributed by atoms with E-state index in [0.29, 0.717) is 10.8 Å². The molecule has 2 aromatic heterocycles. The standard InChI is InChI=1S/C12H9N5S/c13-8-2-3-10-9(6-8)11(17-7-16-10)18-12-14-4-1-5-15-12/h1-7H,13H2. The van der Waals surface area contributed by atoms with Crippen molar-refractivity contribution in [3.63, 3.8) is 0 Å². The number of hydrogen-bond acceptors (Lipinski definition) is 6. The number of nitrogens with two attached hydrogens (primary N) is 1. The van der Waals surface area contributed by atoms with Crippen LogP contribution >= 0.6 is 11.8 Å². The van der Waals surface area contributed by atoms with Gasteiger partial charge in [0.2, 0.25) is 0 Å². The van der Waals surface area contributed by atoms with Gasteiger partial charge in [0, 0.05) is 23.5 Å². The van der Waals surface area contributed by atoms with Crippen LogP contribution in [0.15, 0.2) is 53.2 Å². The zero-order chi connectivity index (χ0) is 12.4. The third-order valence-corrected chi connectivity index (χ3v) is 3.26. The number of benzene rings is 1. The fraction of sp³-hybridized carbons (Fsp3) is 0. The van der Waals surface area contributed by atoms with Crippen molar-refractivity contribution in [1.82, 2.24) is 19.9 Å². The van der Waals surface area contributed by atoms with Crippen molar-refractivity contribution in [1.29, 1.82) is 0 Å². The summed E-state index contributed by atoms with van der Waals surface area (Å²) in [6.45, 7) is 0. The first-order valence-electron chi connectivity index (χ1n) is 5.28. The maximum Gasteiger partial charge on any atom is 0.193 e. The second-order valence-corrected chi connectivity index (χ2v) is 4.54. The maximum atomic E-state index is 5.79. The highest BCUT2D eigenvalue weighted by molar-refractivity contribution is 7.99. The van der Waals surface area contributed by atoms with Crippen LogP contribution in [0.5, 0.6) is 0 Å². The molecule has 2 N–H and O–H groups in total. The quantitative estimate of drug-likeness (QED) is 0.429. The molecule has 0 fully saturated rings. The Morgan fingerprint density at radius 3 is 2.67 bits per heavy atom. The molecule has 88 valence electrons. The van der Waals surface area contributed by atoms with Crippen LogP contribution < -0.4 is 5.73 Å². The van der Waals surface area contributed by atoms with Crippen LogP contribution in [-0.4, -0.2) is 19.9 Å². The summed E-state index contributed by atoms with van der Waals surface area (Å²) in [5.41, 5.74) is 7.34. The molecule has 0 radical (unpaired) electrons. The van der Waals surface area contributed by atoms with Gasteiger partial charge in [0.05, 0.1) is 5.52 Å². The number of nitrogens with zero attached hydrogens (tertiary/aromatic N) is 4. The molecule has 0 aliphatic heterocycles. The average Bonchev–Trinajstić information content (AvgIpc) is 2.41. The van der Waals surface area contributed by atoms with E-state index in [0.717, 1.165) is 15.9 Å². The lowest BCUT2D eigenvalue weighted by Gasteiger charge is -2.04. The van der Waals surface area contributed by atoms with Crippen LogP contribution in [0.1, 0.15) is 0 Å². The zero-order valence-electron chi connectivity index (χ0n) is 9.32. The van der Waals surface area contributed by atoms with E-state index in [1.165, 1.54) is 18.1 Å². The van der Waals surface area contributed by atoms with Crippen LogP contribution in [0, 0.1) is 0 Å². The highest BCUT2D eigenvalue weighted by atomic mass is 32.2. The van der Waals surface area contributed by atoms with E-state index in [9.17, 15) is 0 Å². The molecule has 1 aromatic carbocycles. The highest BCUT2D eigenvalue weighted by Crippen LogP contribution is 2.29. The molecule has 18 heavy (non-hydrogen) atoms. The van der Waals surface area contributed by atoms with Crippen LogP contribution in [0.4, 0.5) is 5.69 Å². The van der Waals surface area contributed by atoms with Gasteiger partial charge in [-0.3, -0.25) is 0 Å². The van der Waals surface area contributed by atoms with E-state index in [1.54, 1.807) is 18.5 Å². The fourth-order valence-electron chi connectivity index (χ4n) is 1.56. The average molecular weight is 255 g/mol. The molecule has 0 bridgehead atoms. The third-order valence-electron chi connectivity index (χ3n) is 2.35. The molecule has 0 unspecified atom stereocenters. The van der Waals surface area contributed by atoms with Crippen molar-refractivity contribution in [2.45, 2.75) is 10.2 Å². The zero-order valence-corrected chi connectivity index (χ0v) is 10.1. The van der Waals surface area contributed by atoms with Gasteiger partial charge in [0.15, 0.2) is 5.16 Å². The van der Waals surface area contributed by atoms with Crippen molar-refractivity contribution in [2.75, 3.05) is 5.73 Å². The second kappa shape index (κ2) is 4.58. The van der Waals surface area contributed by atoms with Crippen LogP contribution in [0.3, 0.4) is 0 Å². The Kier molecular flexibility index (Phi) is 2.77. The minimum absolute atomic E-state index is 0.653. The summed E-state index contributed by atoms with van der Waals surface area (Å²) < 4.78 is 0. The summed E-state index contributed by atoms with van der Waals surface area (Å²) in [5, 5.41) is 2.37. The molecule has 0 aliphatic carbocycles. The minimum Gasteiger partial charge on any atom is -0.399 e. The first kappa shape index (κ1) is 10.9. The normalized spacial score (nSPS) is 10.7. The van der Waals surface area contributed by atoms with Gasteiger partial charge in [-0.15, -0.1) is 0 Å². The number of fused-ring (bicyclic) bond motifs is 1. The van der Waals surface area contributed by atoms with Crippen LogP contribution in [0.2, 0.25) is 0 Å². The number of aromatic nitrogens is 4. The maximum absolute atomic E-state index is 5.79. The first-order chi connectivity index (χ1) is 8.83. The molecule has 3 rings (SSSR count). The fourth-order valence-corrected chi connectivity index (χ4v) is 2.33. The lowest BCUT2D eigenvalue weighted by molar-refractivity contribution is 0.960. The molecule has 0 atom stereocenters. The molecule has 0 aliphatic rings. The van der Waals surface area contributed by atoms with Crippen molar-refractivity contribution in [3.05, 3.63) is 43.0 Å². The summed E-state index contributed by atoms with van der Waals surface area (Å²) in [4.78, 5) is 16.8. The third kappa shape index (κ3) is 2.10. The Bertz CT molecular complexity index is 686. The Morgan fingerprint density at radius 2 is 1.83 bits per heavy atom. The van der Waals surface area contributed by atoms with Crippen molar-refractivity contribution in [2.24, 2.45) is 0 Å². The van der Waals surface area contributed by atoms with Crippen LogP contribution in [0.25, 0.3) is 10.9 Å². The lowest BCUT2D eigenvalue weighted by atomic mass is 10.2. The molecule has 0 saturated carbocycles. The van der Waals surface area contributed by atoms with E-state index in [4.69, 9.17) is 5.73 Å². The number of hydrogen-bond donors (Lipinski definition) is 1. The summed E-state index contributed by atoms with van der Waals surface area (Å²) in [6.07, 6.45) is 4.93. The van der Waals surface area contributed by atoms with Crippen molar-refractivity contribution < 1.29 is 0 Å². The molecule has 0 saturated heterocycles. The van der Waals surface area contributed by atoms with E-state index >= 15 is 0 Å². The summed E-state index contributed by atoms with van der Waals surface area (Å²) >= 11 is 1.40. The van der Waals surface area contributed by atoms with Crippen molar-refractivity contribution >= 4 is 28.4 Å². The predicted molar refractivity (Wildman–Crippen MR) is 70.1 cm³/mol. The molecular weight excluding hydrogens is 246 g/mol. The number of nitrogen functional groups attached to an aromatic ring is 1. The largest absolute Gasteiger partial charge is 0.399 e. The molecule has 0 spiro atoms. The van der Waals surface area contributed by atoms with Gasteiger partial charge in [0.25, 0.3) is 0 Å².